The molecule has 0 bridgehead atoms. The molecule has 1 saturated heterocycles. The van der Waals surface area contributed by atoms with Crippen LogP contribution in [0, 0.1) is 6.92 Å². The van der Waals surface area contributed by atoms with E-state index in [-0.39, 0.29) is 17.6 Å². The molecule has 0 spiro atoms. The predicted octanol–water partition coefficient (Wildman–Crippen LogP) is 2.17. The molecule has 3 heterocycles. The molecule has 2 aliphatic heterocycles. The Labute approximate surface area is 127 Å². The normalized spacial score (nSPS) is 19.4. The summed E-state index contributed by atoms with van der Waals surface area (Å²) in [7, 11) is 0. The molecule has 6 nitrogen and oxygen atoms in total. The van der Waals surface area contributed by atoms with Crippen LogP contribution in [0.5, 0.6) is 0 Å². The summed E-state index contributed by atoms with van der Waals surface area (Å²) < 4.78 is 1.84. The second-order valence-electron chi connectivity index (χ2n) is 5.71. The van der Waals surface area contributed by atoms with Crippen LogP contribution in [0.1, 0.15) is 51.2 Å². The third kappa shape index (κ3) is 1.57. The number of nitrogens with zero attached hydrogens (tertiary/aromatic N) is 3. The van der Waals surface area contributed by atoms with Crippen molar-refractivity contribution in [2.24, 2.45) is 0 Å². The maximum absolute atomic E-state index is 12.8. The molecule has 112 valence electrons. The molecule has 1 fully saturated rings. The van der Waals surface area contributed by atoms with Crippen LogP contribution in [0.15, 0.2) is 24.3 Å². The second kappa shape index (κ2) is 4.43. The number of carboxylic acid groups (broad SMARTS) is 1. The largest absolute Gasteiger partial charge is 0.476 e. The number of amides is 1. The highest BCUT2D eigenvalue weighted by molar-refractivity contribution is 5.99. The quantitative estimate of drug-likeness (QED) is 0.875. The predicted molar refractivity (Wildman–Crippen MR) is 78.3 cm³/mol. The Morgan fingerprint density at radius 2 is 2.14 bits per heavy atom. The smallest absolute Gasteiger partial charge is 0.356 e. The third-order valence-electron chi connectivity index (χ3n) is 4.49. The van der Waals surface area contributed by atoms with Gasteiger partial charge in [-0.25, -0.2) is 9.78 Å². The molecule has 1 atom stereocenters. The van der Waals surface area contributed by atoms with Gasteiger partial charge in [-0.2, -0.15) is 0 Å². The van der Waals surface area contributed by atoms with E-state index in [9.17, 15) is 14.7 Å². The van der Waals surface area contributed by atoms with E-state index < -0.39 is 5.97 Å². The zero-order valence-electron chi connectivity index (χ0n) is 12.1. The SMILES string of the molecule is Cc1nc(C(=O)O)c2n1-c1ccccc1C(=O)N1CCC[C@@H]21. The number of benzene rings is 1. The topological polar surface area (TPSA) is 75.4 Å². The van der Waals surface area contributed by atoms with E-state index in [0.29, 0.717) is 23.6 Å². The summed E-state index contributed by atoms with van der Waals surface area (Å²) in [5.41, 5.74) is 2.00. The van der Waals surface area contributed by atoms with Crippen LogP contribution in [0.4, 0.5) is 0 Å². The lowest BCUT2D eigenvalue weighted by molar-refractivity contribution is 0.0673. The first-order valence-corrected chi connectivity index (χ1v) is 7.32. The zero-order valence-corrected chi connectivity index (χ0v) is 12.1. The van der Waals surface area contributed by atoms with E-state index in [1.54, 1.807) is 17.9 Å². The number of hydrogen-bond acceptors (Lipinski definition) is 3. The summed E-state index contributed by atoms with van der Waals surface area (Å²) in [6.45, 7) is 2.43. The van der Waals surface area contributed by atoms with Crippen molar-refractivity contribution in [1.82, 2.24) is 14.5 Å². The van der Waals surface area contributed by atoms with E-state index >= 15 is 0 Å². The van der Waals surface area contributed by atoms with Crippen molar-refractivity contribution < 1.29 is 14.7 Å². The molecule has 0 unspecified atom stereocenters. The van der Waals surface area contributed by atoms with Crippen molar-refractivity contribution in [1.29, 1.82) is 0 Å². The molecule has 2 aliphatic rings. The molecule has 0 radical (unpaired) electrons. The number of aromatic nitrogens is 2. The standard InChI is InChI=1S/C16H15N3O3/c1-9-17-13(16(21)22)14-12-7-4-8-18(12)15(20)10-5-2-3-6-11(10)19(9)14/h2-3,5-6,12H,4,7-8H2,1H3,(H,21,22)/t12-/m0/s1. The van der Waals surface area contributed by atoms with Crippen LogP contribution in [0.2, 0.25) is 0 Å². The molecular weight excluding hydrogens is 282 g/mol. The third-order valence-corrected chi connectivity index (χ3v) is 4.49. The molecule has 1 N–H and O–H groups in total. The van der Waals surface area contributed by atoms with E-state index in [1.807, 2.05) is 22.8 Å². The summed E-state index contributed by atoms with van der Waals surface area (Å²) >= 11 is 0. The van der Waals surface area contributed by atoms with E-state index in [4.69, 9.17) is 0 Å². The lowest BCUT2D eigenvalue weighted by Gasteiger charge is -2.22. The highest BCUT2D eigenvalue weighted by Crippen LogP contribution is 2.40. The fourth-order valence-electron chi connectivity index (χ4n) is 3.62. The molecule has 0 aliphatic carbocycles. The average molecular weight is 297 g/mol. The number of aryl methyl sites for hydroxylation is 1. The fourth-order valence-corrected chi connectivity index (χ4v) is 3.62. The minimum atomic E-state index is -1.05. The lowest BCUT2D eigenvalue weighted by Crippen LogP contribution is -2.30. The summed E-state index contributed by atoms with van der Waals surface area (Å²) in [4.78, 5) is 30.4. The Morgan fingerprint density at radius 3 is 2.91 bits per heavy atom. The molecule has 22 heavy (non-hydrogen) atoms. The summed E-state index contributed by atoms with van der Waals surface area (Å²) in [5, 5.41) is 9.50. The number of imidazole rings is 1. The Balaban J connectivity index is 2.10. The van der Waals surface area contributed by atoms with Gasteiger partial charge in [0.25, 0.3) is 5.91 Å². The van der Waals surface area contributed by atoms with Crippen molar-refractivity contribution in [3.8, 4) is 5.69 Å². The van der Waals surface area contributed by atoms with Crippen LogP contribution in [0.25, 0.3) is 5.69 Å². The first-order valence-electron chi connectivity index (χ1n) is 7.32. The van der Waals surface area contributed by atoms with Crippen molar-refractivity contribution in [2.45, 2.75) is 25.8 Å². The molecule has 1 aromatic heterocycles. The fraction of sp³-hybridized carbons (Fsp3) is 0.312. The molecule has 1 aromatic carbocycles. The first kappa shape index (κ1) is 13.1. The van der Waals surface area contributed by atoms with Crippen molar-refractivity contribution in [2.75, 3.05) is 6.54 Å². The Hall–Kier alpha value is -2.63. The van der Waals surface area contributed by atoms with Gasteiger partial charge in [-0.15, -0.1) is 0 Å². The lowest BCUT2D eigenvalue weighted by atomic mass is 10.1. The monoisotopic (exact) mass is 297 g/mol. The molecule has 2 aromatic rings. The number of aromatic carboxylic acids is 1. The van der Waals surface area contributed by atoms with Gasteiger partial charge in [0.2, 0.25) is 0 Å². The van der Waals surface area contributed by atoms with Crippen molar-refractivity contribution in [3.05, 3.63) is 47.0 Å². The number of carbonyl (C=O) groups excluding carboxylic acids is 1. The minimum absolute atomic E-state index is 0.0301. The number of para-hydroxylation sites is 1. The second-order valence-corrected chi connectivity index (χ2v) is 5.71. The van der Waals surface area contributed by atoms with Crippen LogP contribution in [-0.4, -0.2) is 38.0 Å². The van der Waals surface area contributed by atoms with Crippen LogP contribution < -0.4 is 0 Å². The summed E-state index contributed by atoms with van der Waals surface area (Å²) in [6, 6.07) is 7.11. The van der Waals surface area contributed by atoms with Gasteiger partial charge in [0.15, 0.2) is 5.69 Å². The van der Waals surface area contributed by atoms with Crippen LogP contribution >= 0.6 is 0 Å². The Kier molecular flexibility index (Phi) is 2.63. The van der Waals surface area contributed by atoms with Gasteiger partial charge in [-0.1, -0.05) is 12.1 Å². The van der Waals surface area contributed by atoms with Gasteiger partial charge in [0.05, 0.1) is 23.0 Å². The van der Waals surface area contributed by atoms with E-state index in [2.05, 4.69) is 4.98 Å². The Bertz CT molecular complexity index is 809. The van der Waals surface area contributed by atoms with Crippen LogP contribution in [0.3, 0.4) is 0 Å². The highest BCUT2D eigenvalue weighted by atomic mass is 16.4. The van der Waals surface area contributed by atoms with Gasteiger partial charge < -0.3 is 10.0 Å². The molecular formula is C16H15N3O3. The zero-order chi connectivity index (χ0) is 15.4. The minimum Gasteiger partial charge on any atom is -0.476 e. The van der Waals surface area contributed by atoms with Crippen molar-refractivity contribution >= 4 is 11.9 Å². The van der Waals surface area contributed by atoms with Crippen molar-refractivity contribution in [3.63, 3.8) is 0 Å². The maximum Gasteiger partial charge on any atom is 0.356 e. The van der Waals surface area contributed by atoms with Crippen LogP contribution in [-0.2, 0) is 0 Å². The van der Waals surface area contributed by atoms with Gasteiger partial charge in [0.1, 0.15) is 5.82 Å². The number of rotatable bonds is 1. The van der Waals surface area contributed by atoms with Gasteiger partial charge >= 0.3 is 5.97 Å². The first-order chi connectivity index (χ1) is 10.6. The number of fused-ring (bicyclic) bond motifs is 5. The summed E-state index contributed by atoms with van der Waals surface area (Å²) in [6.07, 6.45) is 1.65. The number of carbonyl (C=O) groups is 2. The van der Waals surface area contributed by atoms with E-state index in [0.717, 1.165) is 18.5 Å². The molecule has 6 heteroatoms. The Morgan fingerprint density at radius 1 is 1.36 bits per heavy atom. The molecule has 1 amide bonds. The van der Waals surface area contributed by atoms with Gasteiger partial charge in [-0.05, 0) is 31.9 Å². The number of carboxylic acids is 1. The highest BCUT2D eigenvalue weighted by Gasteiger charge is 2.40. The van der Waals surface area contributed by atoms with Gasteiger partial charge in [0, 0.05) is 6.54 Å². The van der Waals surface area contributed by atoms with Gasteiger partial charge in [-0.3, -0.25) is 9.36 Å². The average Bonchev–Trinajstić information content (AvgIpc) is 3.08. The molecule has 0 saturated carbocycles. The van der Waals surface area contributed by atoms with E-state index in [1.165, 1.54) is 0 Å². The molecule has 4 rings (SSSR count). The number of hydrogen-bond donors (Lipinski definition) is 1. The maximum atomic E-state index is 12.8. The summed E-state index contributed by atoms with van der Waals surface area (Å²) in [5.74, 6) is -0.477.